The van der Waals surface area contributed by atoms with Crippen molar-refractivity contribution >= 4 is 11.6 Å². The molecule has 1 aliphatic rings. The van der Waals surface area contributed by atoms with Crippen LogP contribution in [0.1, 0.15) is 36.5 Å². The van der Waals surface area contributed by atoms with E-state index in [0.29, 0.717) is 12.4 Å². The lowest BCUT2D eigenvalue weighted by Gasteiger charge is -2.12. The van der Waals surface area contributed by atoms with Gasteiger partial charge in [-0.25, -0.2) is 0 Å². The largest absolute Gasteiger partial charge is 0.435 e. The highest BCUT2D eigenvalue weighted by atomic mass is 19.3. The molecule has 0 atom stereocenters. The van der Waals surface area contributed by atoms with Gasteiger partial charge in [-0.1, -0.05) is 6.42 Å². The molecule has 0 bridgehead atoms. The fourth-order valence-corrected chi connectivity index (χ4v) is 2.99. The summed E-state index contributed by atoms with van der Waals surface area (Å²) in [6.45, 7) is -5.64. The number of ether oxygens (including phenoxy) is 2. The van der Waals surface area contributed by atoms with Crippen molar-refractivity contribution in [3.63, 3.8) is 0 Å². The van der Waals surface area contributed by atoms with E-state index in [1.54, 1.807) is 0 Å². The van der Waals surface area contributed by atoms with E-state index in [-0.39, 0.29) is 16.9 Å². The van der Waals surface area contributed by atoms with Crippen molar-refractivity contribution < 1.29 is 27.0 Å². The third-order valence-electron chi connectivity index (χ3n) is 4.20. The average Bonchev–Trinajstić information content (AvgIpc) is 2.88. The van der Waals surface area contributed by atoms with Gasteiger partial charge in [0.15, 0.2) is 5.82 Å². The van der Waals surface area contributed by atoms with E-state index in [2.05, 4.69) is 19.7 Å². The average molecular weight is 396 g/mol. The summed E-state index contributed by atoms with van der Waals surface area (Å²) in [7, 11) is 0. The first-order valence-corrected chi connectivity index (χ1v) is 8.56. The number of nitriles is 1. The van der Waals surface area contributed by atoms with Gasteiger partial charge in [0.05, 0.1) is 5.57 Å². The fraction of sp³-hybridized carbons (Fsp3) is 0.389. The molecule has 2 aromatic rings. The maximum Gasteiger partial charge on any atom is 0.387 e. The van der Waals surface area contributed by atoms with Crippen molar-refractivity contribution in [3.8, 4) is 17.6 Å². The van der Waals surface area contributed by atoms with Crippen LogP contribution in [0.25, 0.3) is 11.6 Å². The van der Waals surface area contributed by atoms with Gasteiger partial charge in [0.1, 0.15) is 23.4 Å². The molecular weight excluding hydrogens is 380 g/mol. The third-order valence-corrected chi connectivity index (χ3v) is 4.20. The van der Waals surface area contributed by atoms with Crippen molar-refractivity contribution in [3.05, 3.63) is 35.4 Å². The Morgan fingerprint density at radius 1 is 1.11 bits per heavy atom. The maximum atomic E-state index is 12.7. The molecule has 0 spiro atoms. The molecule has 0 radical (unpaired) electrons. The van der Waals surface area contributed by atoms with Gasteiger partial charge in [-0.3, -0.25) is 0 Å². The summed E-state index contributed by atoms with van der Waals surface area (Å²) in [6, 6.07) is 5.35. The van der Waals surface area contributed by atoms with Crippen LogP contribution in [0.3, 0.4) is 0 Å². The lowest BCUT2D eigenvalue weighted by molar-refractivity contribution is -0.0543. The van der Waals surface area contributed by atoms with Crippen LogP contribution in [0.5, 0.6) is 11.5 Å². The number of halogens is 4. The highest BCUT2D eigenvalue weighted by Crippen LogP contribution is 2.31. The van der Waals surface area contributed by atoms with E-state index < -0.39 is 19.0 Å². The summed E-state index contributed by atoms with van der Waals surface area (Å²) in [5, 5.41) is 17.7. The number of fused-ring (bicyclic) bond motifs is 1. The smallest absolute Gasteiger partial charge is 0.387 e. The molecule has 0 N–H and O–H groups in total. The summed E-state index contributed by atoms with van der Waals surface area (Å²) < 4.78 is 60.7. The van der Waals surface area contributed by atoms with Crippen LogP contribution < -0.4 is 9.47 Å². The van der Waals surface area contributed by atoms with Gasteiger partial charge < -0.3 is 14.0 Å². The van der Waals surface area contributed by atoms with E-state index in [9.17, 15) is 22.8 Å². The first kappa shape index (κ1) is 19.7. The van der Waals surface area contributed by atoms with Crippen LogP contribution in [0, 0.1) is 11.3 Å². The summed E-state index contributed by atoms with van der Waals surface area (Å²) in [5.74, 6) is 0.364. The van der Waals surface area contributed by atoms with E-state index in [1.807, 2.05) is 10.6 Å². The third kappa shape index (κ3) is 4.60. The topological polar surface area (TPSA) is 73.0 Å². The molecule has 6 nitrogen and oxygen atoms in total. The Morgan fingerprint density at radius 2 is 1.89 bits per heavy atom. The zero-order chi connectivity index (χ0) is 20.1. The Morgan fingerprint density at radius 3 is 2.61 bits per heavy atom. The molecule has 28 heavy (non-hydrogen) atoms. The van der Waals surface area contributed by atoms with Crippen molar-refractivity contribution in [1.82, 2.24) is 14.8 Å². The van der Waals surface area contributed by atoms with Gasteiger partial charge in [-0.15, -0.1) is 10.2 Å². The molecule has 1 aromatic carbocycles. The molecule has 3 rings (SSSR count). The second-order valence-electron chi connectivity index (χ2n) is 6.03. The Kier molecular flexibility index (Phi) is 6.13. The lowest BCUT2D eigenvalue weighted by atomic mass is 10.1. The predicted molar refractivity (Wildman–Crippen MR) is 90.8 cm³/mol. The summed E-state index contributed by atoms with van der Waals surface area (Å²) in [5.41, 5.74) is 0.201. The molecule has 10 heteroatoms. The molecule has 0 fully saturated rings. The molecule has 0 amide bonds. The Hall–Kier alpha value is -3.09. The van der Waals surface area contributed by atoms with Gasteiger partial charge in [-0.05, 0) is 31.1 Å². The van der Waals surface area contributed by atoms with E-state index in [1.165, 1.54) is 18.2 Å². The zero-order valence-electron chi connectivity index (χ0n) is 14.6. The summed E-state index contributed by atoms with van der Waals surface area (Å²) in [6.07, 6.45) is 4.97. The standard InChI is InChI=1S/C18H16F4N4O2/c19-17(20)27-13-6-5-11(14(9-13)28-18(21)22)8-12(10-23)16-25-24-15-4-2-1-3-7-26(15)16/h5-6,8-9,17-18H,1-4,7H2. The van der Waals surface area contributed by atoms with E-state index >= 15 is 0 Å². The quantitative estimate of drug-likeness (QED) is 0.539. The monoisotopic (exact) mass is 396 g/mol. The van der Waals surface area contributed by atoms with Crippen LogP contribution in [-0.2, 0) is 13.0 Å². The van der Waals surface area contributed by atoms with Crippen LogP contribution in [-0.4, -0.2) is 28.0 Å². The number of alkyl halides is 4. The molecule has 1 aliphatic heterocycles. The molecule has 0 saturated carbocycles. The minimum Gasteiger partial charge on any atom is -0.435 e. The Bertz CT molecular complexity index is 905. The number of hydrogen-bond acceptors (Lipinski definition) is 5. The van der Waals surface area contributed by atoms with Gasteiger partial charge in [0.25, 0.3) is 0 Å². The first-order chi connectivity index (χ1) is 13.5. The van der Waals surface area contributed by atoms with Gasteiger partial charge >= 0.3 is 13.2 Å². The molecular formula is C18H16F4N4O2. The normalized spacial score (nSPS) is 14.5. The second-order valence-corrected chi connectivity index (χ2v) is 6.03. The minimum absolute atomic E-state index is 0.0993. The summed E-state index contributed by atoms with van der Waals surface area (Å²) >= 11 is 0. The lowest BCUT2D eigenvalue weighted by Crippen LogP contribution is -2.06. The van der Waals surface area contributed by atoms with Crippen LogP contribution in [0.2, 0.25) is 0 Å². The maximum absolute atomic E-state index is 12.7. The van der Waals surface area contributed by atoms with Crippen molar-refractivity contribution in [2.45, 2.75) is 45.5 Å². The fourth-order valence-electron chi connectivity index (χ4n) is 2.99. The van der Waals surface area contributed by atoms with Crippen molar-refractivity contribution in [2.75, 3.05) is 0 Å². The number of rotatable bonds is 6. The molecule has 0 unspecified atom stereocenters. The summed E-state index contributed by atoms with van der Waals surface area (Å²) in [4.78, 5) is 0. The molecule has 2 heterocycles. The van der Waals surface area contributed by atoms with E-state index in [4.69, 9.17) is 0 Å². The SMILES string of the molecule is N#CC(=Cc1ccc(OC(F)F)cc1OC(F)F)c1nnc2n1CCCCC2. The minimum atomic E-state index is -3.18. The van der Waals surface area contributed by atoms with Crippen LogP contribution in [0.4, 0.5) is 17.6 Å². The zero-order valence-corrected chi connectivity index (χ0v) is 14.6. The van der Waals surface area contributed by atoms with Crippen molar-refractivity contribution in [2.24, 2.45) is 0 Å². The Labute approximate surface area is 158 Å². The number of nitrogens with zero attached hydrogens (tertiary/aromatic N) is 4. The molecule has 0 saturated heterocycles. The molecule has 1 aromatic heterocycles. The van der Waals surface area contributed by atoms with Gasteiger partial charge in [0, 0.05) is 24.6 Å². The van der Waals surface area contributed by atoms with Crippen molar-refractivity contribution in [1.29, 1.82) is 5.26 Å². The Balaban J connectivity index is 2.00. The van der Waals surface area contributed by atoms with E-state index in [0.717, 1.165) is 37.6 Å². The number of hydrogen-bond donors (Lipinski definition) is 0. The van der Waals surface area contributed by atoms with Crippen LogP contribution >= 0.6 is 0 Å². The van der Waals surface area contributed by atoms with Crippen LogP contribution in [0.15, 0.2) is 18.2 Å². The van der Waals surface area contributed by atoms with Gasteiger partial charge in [-0.2, -0.15) is 22.8 Å². The molecule has 0 aliphatic carbocycles. The number of benzene rings is 1. The highest BCUT2D eigenvalue weighted by molar-refractivity contribution is 5.88. The number of aromatic nitrogens is 3. The number of aryl methyl sites for hydroxylation is 1. The second kappa shape index (κ2) is 8.73. The molecule has 148 valence electrons. The number of allylic oxidation sites excluding steroid dienone is 1. The first-order valence-electron chi connectivity index (χ1n) is 8.56. The van der Waals surface area contributed by atoms with Gasteiger partial charge in [0.2, 0.25) is 0 Å². The highest BCUT2D eigenvalue weighted by Gasteiger charge is 2.19. The predicted octanol–water partition coefficient (Wildman–Crippen LogP) is 4.27.